The highest BCUT2D eigenvalue weighted by Gasteiger charge is 2.32. The van der Waals surface area contributed by atoms with Crippen LogP contribution in [0.15, 0.2) is 175 Å². The second kappa shape index (κ2) is 12.4. The van der Waals surface area contributed by atoms with Crippen LogP contribution in [0.2, 0.25) is 0 Å². The van der Waals surface area contributed by atoms with Crippen LogP contribution in [-0.2, 0) is 0 Å². The van der Waals surface area contributed by atoms with Crippen LogP contribution in [0.4, 0.5) is 0 Å². The zero-order valence-electron chi connectivity index (χ0n) is 30.8. The van der Waals surface area contributed by atoms with Crippen molar-refractivity contribution in [1.29, 1.82) is 10.5 Å². The Hall–Kier alpha value is -7.34. The molecule has 0 spiro atoms. The number of fused-ring (bicyclic) bond motifs is 9. The van der Waals surface area contributed by atoms with E-state index in [0.29, 0.717) is 5.56 Å². The Morgan fingerprint density at radius 3 is 1.82 bits per heavy atom. The van der Waals surface area contributed by atoms with Gasteiger partial charge in [-0.1, -0.05) is 104 Å². The van der Waals surface area contributed by atoms with Gasteiger partial charge in [-0.2, -0.15) is 10.5 Å². The SMILES string of the molecule is CC1C=C(n2c3ccccc3c3cc(-n4c5ccccc5c5ccccc54)ccc32)C=C(C2=CC=CC(n3c4ccccc4c4cc(C#N)ccc43)C2C#N)C1. The molecular weight excluding hydrogens is 683 g/mol. The molecule has 0 saturated carbocycles. The molecule has 2 aliphatic carbocycles. The van der Waals surface area contributed by atoms with E-state index in [1.165, 1.54) is 38.2 Å². The summed E-state index contributed by atoms with van der Waals surface area (Å²) in [7, 11) is 0. The third kappa shape index (κ3) is 4.65. The molecule has 11 rings (SSSR count). The molecule has 9 aromatic rings. The van der Waals surface area contributed by atoms with E-state index in [-0.39, 0.29) is 12.0 Å². The van der Waals surface area contributed by atoms with Crippen molar-refractivity contribution in [3.63, 3.8) is 0 Å². The summed E-state index contributed by atoms with van der Waals surface area (Å²) >= 11 is 0. The lowest BCUT2D eigenvalue weighted by Gasteiger charge is -2.31. The van der Waals surface area contributed by atoms with Crippen LogP contribution in [0.25, 0.3) is 76.8 Å². The van der Waals surface area contributed by atoms with Crippen molar-refractivity contribution in [2.24, 2.45) is 11.8 Å². The summed E-state index contributed by atoms with van der Waals surface area (Å²) in [6, 6.07) is 52.0. The van der Waals surface area contributed by atoms with Gasteiger partial charge in [-0.05, 0) is 90.2 Å². The van der Waals surface area contributed by atoms with Crippen molar-refractivity contribution in [2.45, 2.75) is 19.4 Å². The first-order valence-electron chi connectivity index (χ1n) is 19.3. The number of nitriles is 2. The lowest BCUT2D eigenvalue weighted by molar-refractivity contribution is 0.534. The van der Waals surface area contributed by atoms with Crippen molar-refractivity contribution in [3.05, 3.63) is 181 Å². The average Bonchev–Trinajstić information content (AvgIpc) is 3.88. The molecule has 3 atom stereocenters. The predicted octanol–water partition coefficient (Wildman–Crippen LogP) is 12.6. The molecule has 3 unspecified atom stereocenters. The van der Waals surface area contributed by atoms with Gasteiger partial charge in [0.2, 0.25) is 0 Å². The van der Waals surface area contributed by atoms with Gasteiger partial charge >= 0.3 is 0 Å². The fourth-order valence-corrected chi connectivity index (χ4v) is 9.66. The Morgan fingerprint density at radius 1 is 0.589 bits per heavy atom. The van der Waals surface area contributed by atoms with E-state index >= 15 is 0 Å². The Balaban J connectivity index is 1.04. The van der Waals surface area contributed by atoms with E-state index in [4.69, 9.17) is 0 Å². The van der Waals surface area contributed by atoms with Gasteiger partial charge in [-0.15, -0.1) is 0 Å². The number of allylic oxidation sites excluding steroid dienone is 8. The molecule has 3 aromatic heterocycles. The van der Waals surface area contributed by atoms with Gasteiger partial charge in [0, 0.05) is 54.7 Å². The zero-order chi connectivity index (χ0) is 37.5. The summed E-state index contributed by atoms with van der Waals surface area (Å²) in [5.74, 6) is -0.139. The quantitative estimate of drug-likeness (QED) is 0.182. The highest BCUT2D eigenvalue weighted by molar-refractivity contribution is 6.13. The molecule has 0 saturated heterocycles. The summed E-state index contributed by atoms with van der Waals surface area (Å²) < 4.78 is 7.10. The van der Waals surface area contributed by atoms with Gasteiger partial charge in [0.1, 0.15) is 0 Å². The second-order valence-electron chi connectivity index (χ2n) is 15.2. The van der Waals surface area contributed by atoms with Gasteiger partial charge in [-0.3, -0.25) is 0 Å². The standard InChI is InChI=1S/C51H35N5/c1-32-25-34(37-15-10-20-49(44(37)31-53)56-48-19-9-5-13-40(48)42-27-33(30-52)21-23-51(42)56)28-36(26-32)55-47-18-8-4-14-41(47)43-29-35(22-24-50(43)55)54-45-16-6-2-11-38(45)39-12-3-7-17-46(39)54/h2-24,26-29,32,44,49H,25H2,1H3. The summed E-state index contributed by atoms with van der Waals surface area (Å²) in [6.45, 7) is 2.28. The van der Waals surface area contributed by atoms with Crippen LogP contribution in [-0.4, -0.2) is 13.7 Å². The molecule has 6 aromatic carbocycles. The fraction of sp³-hybridized carbons (Fsp3) is 0.0980. The minimum atomic E-state index is -0.403. The lowest BCUT2D eigenvalue weighted by Crippen LogP contribution is -2.22. The highest BCUT2D eigenvalue weighted by Crippen LogP contribution is 2.44. The van der Waals surface area contributed by atoms with Crippen LogP contribution < -0.4 is 0 Å². The van der Waals surface area contributed by atoms with E-state index in [9.17, 15) is 10.5 Å². The lowest BCUT2D eigenvalue weighted by atomic mass is 9.79. The molecule has 0 N–H and O–H groups in total. The first-order chi connectivity index (χ1) is 27.6. The molecule has 264 valence electrons. The largest absolute Gasteiger partial charge is 0.332 e. The van der Waals surface area contributed by atoms with E-state index < -0.39 is 5.92 Å². The topological polar surface area (TPSA) is 62.4 Å². The number of aromatic nitrogens is 3. The summed E-state index contributed by atoms with van der Waals surface area (Å²) in [4.78, 5) is 0. The van der Waals surface area contributed by atoms with Gasteiger partial charge in [-0.25, -0.2) is 0 Å². The minimum absolute atomic E-state index is 0.214. The molecule has 5 heteroatoms. The molecule has 0 aliphatic heterocycles. The number of rotatable bonds is 4. The van der Waals surface area contributed by atoms with E-state index in [0.717, 1.165) is 56.2 Å². The van der Waals surface area contributed by atoms with Gasteiger partial charge in [0.05, 0.1) is 51.7 Å². The van der Waals surface area contributed by atoms with Crippen LogP contribution in [0.3, 0.4) is 0 Å². The molecule has 0 amide bonds. The van der Waals surface area contributed by atoms with Gasteiger partial charge in [0.15, 0.2) is 0 Å². The molecule has 5 nitrogen and oxygen atoms in total. The minimum Gasteiger partial charge on any atom is -0.332 e. The van der Waals surface area contributed by atoms with E-state index in [2.05, 4.69) is 166 Å². The summed E-state index contributed by atoms with van der Waals surface area (Å²) in [6.07, 6.45) is 12.0. The number of hydrogen-bond acceptors (Lipinski definition) is 2. The Morgan fingerprint density at radius 2 is 1.14 bits per heavy atom. The van der Waals surface area contributed by atoms with E-state index in [1.54, 1.807) is 0 Å². The fourth-order valence-electron chi connectivity index (χ4n) is 9.66. The van der Waals surface area contributed by atoms with Crippen molar-refractivity contribution in [3.8, 4) is 17.8 Å². The average molecular weight is 718 g/mol. The van der Waals surface area contributed by atoms with Crippen molar-refractivity contribution in [2.75, 3.05) is 0 Å². The molecule has 56 heavy (non-hydrogen) atoms. The van der Waals surface area contributed by atoms with E-state index in [1.807, 2.05) is 30.3 Å². The normalized spacial score (nSPS) is 18.4. The Labute approximate surface area is 323 Å². The Bertz CT molecular complexity index is 3290. The van der Waals surface area contributed by atoms with Crippen LogP contribution in [0, 0.1) is 34.5 Å². The maximum absolute atomic E-state index is 11.0. The number of para-hydroxylation sites is 4. The molecular formula is C51H35N5. The highest BCUT2D eigenvalue weighted by atomic mass is 15.0. The molecule has 3 heterocycles. The predicted molar refractivity (Wildman–Crippen MR) is 229 cm³/mol. The first kappa shape index (κ1) is 32.1. The van der Waals surface area contributed by atoms with Crippen LogP contribution in [0.5, 0.6) is 0 Å². The van der Waals surface area contributed by atoms with Crippen molar-refractivity contribution in [1.82, 2.24) is 13.7 Å². The van der Waals surface area contributed by atoms with Crippen molar-refractivity contribution < 1.29 is 0 Å². The number of benzene rings is 6. The number of hydrogen-bond donors (Lipinski definition) is 0. The summed E-state index contributed by atoms with van der Waals surface area (Å²) in [5, 5.41) is 27.7. The van der Waals surface area contributed by atoms with Gasteiger partial charge in [0.25, 0.3) is 0 Å². The smallest absolute Gasteiger partial charge is 0.0991 e. The Kier molecular flexibility index (Phi) is 7.08. The monoisotopic (exact) mass is 717 g/mol. The van der Waals surface area contributed by atoms with Crippen molar-refractivity contribution >= 4 is 71.1 Å². The number of nitrogens with zero attached hydrogens (tertiary/aromatic N) is 5. The third-order valence-electron chi connectivity index (χ3n) is 12.0. The maximum atomic E-state index is 11.0. The summed E-state index contributed by atoms with van der Waals surface area (Å²) in [5.41, 5.74) is 11.9. The van der Waals surface area contributed by atoms with Gasteiger partial charge < -0.3 is 13.7 Å². The molecule has 0 fully saturated rings. The second-order valence-corrected chi connectivity index (χ2v) is 15.2. The molecule has 2 aliphatic rings. The molecule has 0 radical (unpaired) electrons. The maximum Gasteiger partial charge on any atom is 0.0991 e. The molecule has 0 bridgehead atoms. The van der Waals surface area contributed by atoms with Crippen LogP contribution >= 0.6 is 0 Å². The van der Waals surface area contributed by atoms with Crippen LogP contribution in [0.1, 0.15) is 24.9 Å². The first-order valence-corrected chi connectivity index (χ1v) is 19.3. The third-order valence-corrected chi connectivity index (χ3v) is 12.0. The zero-order valence-corrected chi connectivity index (χ0v) is 30.8.